The molecule has 0 fully saturated rings. The highest BCUT2D eigenvalue weighted by Gasteiger charge is 2.10. The van der Waals surface area contributed by atoms with Crippen LogP contribution in [0.2, 0.25) is 0 Å². The zero-order valence-corrected chi connectivity index (χ0v) is 11.3. The molecule has 0 amide bonds. The summed E-state index contributed by atoms with van der Waals surface area (Å²) in [6.45, 7) is 0. The van der Waals surface area contributed by atoms with Gasteiger partial charge in [-0.25, -0.2) is 9.97 Å². The summed E-state index contributed by atoms with van der Waals surface area (Å²) in [6, 6.07) is 20.4. The van der Waals surface area contributed by atoms with Crippen molar-refractivity contribution in [3.8, 4) is 22.5 Å². The zero-order valence-electron chi connectivity index (χ0n) is 11.3. The van der Waals surface area contributed by atoms with E-state index in [4.69, 9.17) is 4.98 Å². The van der Waals surface area contributed by atoms with E-state index in [1.54, 1.807) is 6.20 Å². The van der Waals surface area contributed by atoms with Crippen LogP contribution < -0.4 is 0 Å². The van der Waals surface area contributed by atoms with Gasteiger partial charge in [-0.2, -0.15) is 0 Å². The molecular weight excluding hydrogens is 258 g/mol. The molecule has 0 saturated carbocycles. The fraction of sp³-hybridized carbons (Fsp3) is 0. The van der Waals surface area contributed by atoms with Crippen LogP contribution in [0.4, 0.5) is 0 Å². The van der Waals surface area contributed by atoms with E-state index in [2.05, 4.69) is 29.2 Å². The molecular formula is C18H13N3. The standard InChI is InChI=1S/C18H13N3/c1-3-7-14(8-4-1)16-13-21-12-11-19-18(21)17(20-16)15-9-5-2-6-10-15/h1-13H. The van der Waals surface area contributed by atoms with E-state index >= 15 is 0 Å². The summed E-state index contributed by atoms with van der Waals surface area (Å²) in [5, 5.41) is 0. The molecule has 3 heteroatoms. The molecule has 100 valence electrons. The Morgan fingerprint density at radius 2 is 1.43 bits per heavy atom. The summed E-state index contributed by atoms with van der Waals surface area (Å²) in [4.78, 5) is 9.26. The largest absolute Gasteiger partial charge is 0.303 e. The van der Waals surface area contributed by atoms with Crippen molar-refractivity contribution in [2.24, 2.45) is 0 Å². The highest BCUT2D eigenvalue weighted by Crippen LogP contribution is 2.25. The third-order valence-corrected chi connectivity index (χ3v) is 3.49. The summed E-state index contributed by atoms with van der Waals surface area (Å²) < 4.78 is 2.03. The Balaban J connectivity index is 2.00. The van der Waals surface area contributed by atoms with Crippen LogP contribution in [0, 0.1) is 0 Å². The maximum atomic E-state index is 4.83. The monoisotopic (exact) mass is 271 g/mol. The van der Waals surface area contributed by atoms with Gasteiger partial charge in [0.2, 0.25) is 0 Å². The molecule has 0 aliphatic carbocycles. The van der Waals surface area contributed by atoms with Crippen LogP contribution in [-0.2, 0) is 0 Å². The maximum Gasteiger partial charge on any atom is 0.163 e. The van der Waals surface area contributed by atoms with Crippen molar-refractivity contribution in [1.82, 2.24) is 14.4 Å². The lowest BCUT2D eigenvalue weighted by molar-refractivity contribution is 1.13. The van der Waals surface area contributed by atoms with Gasteiger partial charge in [-0.15, -0.1) is 0 Å². The average molecular weight is 271 g/mol. The number of imidazole rings is 1. The smallest absolute Gasteiger partial charge is 0.163 e. The second-order valence-electron chi connectivity index (χ2n) is 4.86. The Bertz CT molecular complexity index is 880. The molecule has 0 atom stereocenters. The maximum absolute atomic E-state index is 4.83. The van der Waals surface area contributed by atoms with Crippen molar-refractivity contribution in [2.75, 3.05) is 0 Å². The van der Waals surface area contributed by atoms with Crippen molar-refractivity contribution in [3.05, 3.63) is 79.3 Å². The number of benzene rings is 2. The summed E-state index contributed by atoms with van der Waals surface area (Å²) in [5.41, 5.74) is 4.90. The first-order valence-electron chi connectivity index (χ1n) is 6.86. The summed E-state index contributed by atoms with van der Waals surface area (Å²) >= 11 is 0. The van der Waals surface area contributed by atoms with Crippen LogP contribution in [0.15, 0.2) is 79.3 Å². The molecule has 0 radical (unpaired) electrons. The molecule has 3 nitrogen and oxygen atoms in total. The van der Waals surface area contributed by atoms with Gasteiger partial charge in [-0.05, 0) is 0 Å². The van der Waals surface area contributed by atoms with E-state index in [9.17, 15) is 0 Å². The van der Waals surface area contributed by atoms with E-state index in [1.807, 2.05) is 53.2 Å². The summed E-state index contributed by atoms with van der Waals surface area (Å²) in [5.74, 6) is 0. The van der Waals surface area contributed by atoms with Gasteiger partial charge in [0, 0.05) is 29.7 Å². The number of nitrogens with zero attached hydrogens (tertiary/aromatic N) is 3. The number of rotatable bonds is 2. The molecule has 0 aliphatic rings. The minimum absolute atomic E-state index is 0.876. The molecule has 2 aromatic heterocycles. The summed E-state index contributed by atoms with van der Waals surface area (Å²) in [7, 11) is 0. The van der Waals surface area contributed by atoms with Gasteiger partial charge < -0.3 is 4.40 Å². The fourth-order valence-electron chi connectivity index (χ4n) is 2.47. The molecule has 0 unspecified atom stereocenters. The van der Waals surface area contributed by atoms with Crippen molar-refractivity contribution in [3.63, 3.8) is 0 Å². The van der Waals surface area contributed by atoms with E-state index < -0.39 is 0 Å². The van der Waals surface area contributed by atoms with Crippen LogP contribution in [0.25, 0.3) is 28.2 Å². The average Bonchev–Trinajstić information content (AvgIpc) is 3.04. The first kappa shape index (κ1) is 11.9. The van der Waals surface area contributed by atoms with Crippen LogP contribution >= 0.6 is 0 Å². The zero-order chi connectivity index (χ0) is 14.1. The van der Waals surface area contributed by atoms with Gasteiger partial charge >= 0.3 is 0 Å². The number of aromatic nitrogens is 3. The number of hydrogen-bond acceptors (Lipinski definition) is 2. The molecule has 21 heavy (non-hydrogen) atoms. The molecule has 4 rings (SSSR count). The van der Waals surface area contributed by atoms with Crippen molar-refractivity contribution in [1.29, 1.82) is 0 Å². The van der Waals surface area contributed by atoms with Crippen molar-refractivity contribution >= 4 is 5.65 Å². The van der Waals surface area contributed by atoms with Gasteiger partial charge in [0.15, 0.2) is 5.65 Å². The first-order valence-corrected chi connectivity index (χ1v) is 6.86. The normalized spacial score (nSPS) is 10.9. The highest BCUT2D eigenvalue weighted by molar-refractivity contribution is 5.76. The SMILES string of the molecule is c1ccc(-c2cn3ccnc3c(-c3ccccc3)n2)cc1. The van der Waals surface area contributed by atoms with Crippen LogP contribution in [0.1, 0.15) is 0 Å². The molecule has 0 bridgehead atoms. The lowest BCUT2D eigenvalue weighted by atomic mass is 10.1. The molecule has 0 N–H and O–H groups in total. The van der Waals surface area contributed by atoms with E-state index in [1.165, 1.54) is 0 Å². The molecule has 0 saturated heterocycles. The third-order valence-electron chi connectivity index (χ3n) is 3.49. The number of hydrogen-bond donors (Lipinski definition) is 0. The predicted molar refractivity (Wildman–Crippen MR) is 83.9 cm³/mol. The van der Waals surface area contributed by atoms with Gasteiger partial charge in [-0.3, -0.25) is 0 Å². The minimum Gasteiger partial charge on any atom is -0.303 e. The van der Waals surface area contributed by atoms with Crippen LogP contribution in [-0.4, -0.2) is 14.4 Å². The molecule has 0 spiro atoms. The molecule has 0 aliphatic heterocycles. The Morgan fingerprint density at radius 1 is 0.762 bits per heavy atom. The second-order valence-corrected chi connectivity index (χ2v) is 4.86. The summed E-state index contributed by atoms with van der Waals surface area (Å²) in [6.07, 6.45) is 5.78. The Kier molecular flexibility index (Phi) is 2.75. The number of fused-ring (bicyclic) bond motifs is 1. The van der Waals surface area contributed by atoms with Crippen molar-refractivity contribution in [2.45, 2.75) is 0 Å². The molecule has 4 aromatic rings. The predicted octanol–water partition coefficient (Wildman–Crippen LogP) is 4.06. The van der Waals surface area contributed by atoms with Gasteiger partial charge in [0.05, 0.1) is 5.69 Å². The van der Waals surface area contributed by atoms with Gasteiger partial charge in [0.1, 0.15) is 5.69 Å². The molecule has 2 heterocycles. The highest BCUT2D eigenvalue weighted by atomic mass is 15.0. The van der Waals surface area contributed by atoms with E-state index in [0.29, 0.717) is 0 Å². The van der Waals surface area contributed by atoms with E-state index in [-0.39, 0.29) is 0 Å². The quantitative estimate of drug-likeness (QED) is 0.550. The minimum atomic E-state index is 0.876. The lowest BCUT2D eigenvalue weighted by Crippen LogP contribution is -1.95. The lowest BCUT2D eigenvalue weighted by Gasteiger charge is -2.07. The molecule has 2 aromatic carbocycles. The third kappa shape index (κ3) is 2.09. The fourth-order valence-corrected chi connectivity index (χ4v) is 2.47. The van der Waals surface area contributed by atoms with Crippen molar-refractivity contribution < 1.29 is 0 Å². The first-order chi connectivity index (χ1) is 10.4. The van der Waals surface area contributed by atoms with Gasteiger partial charge in [-0.1, -0.05) is 60.7 Å². The van der Waals surface area contributed by atoms with E-state index in [0.717, 1.165) is 28.2 Å². The van der Waals surface area contributed by atoms with Crippen LogP contribution in [0.5, 0.6) is 0 Å². The van der Waals surface area contributed by atoms with Crippen LogP contribution in [0.3, 0.4) is 0 Å². The Morgan fingerprint density at radius 3 is 2.14 bits per heavy atom. The topological polar surface area (TPSA) is 30.2 Å². The Labute approximate surface area is 122 Å². The van der Waals surface area contributed by atoms with Gasteiger partial charge in [0.25, 0.3) is 0 Å². The second kappa shape index (κ2) is 4.87. The Hall–Kier alpha value is -2.94.